The van der Waals surface area contributed by atoms with E-state index in [1.165, 1.54) is 30.9 Å². The Kier molecular flexibility index (Phi) is 6.20. The predicted octanol–water partition coefficient (Wildman–Crippen LogP) is 3.96. The van der Waals surface area contributed by atoms with Crippen LogP contribution in [0.1, 0.15) is 32.1 Å². The number of ether oxygens (including phenoxy) is 1. The maximum atomic E-state index is 11.7. The van der Waals surface area contributed by atoms with Gasteiger partial charge in [-0.05, 0) is 37.7 Å². The van der Waals surface area contributed by atoms with Gasteiger partial charge in [0.05, 0.1) is 12.2 Å². The molecule has 1 saturated carbocycles. The van der Waals surface area contributed by atoms with Gasteiger partial charge in [-0.25, -0.2) is 4.79 Å². The normalized spacial score (nSPS) is 20.3. The summed E-state index contributed by atoms with van der Waals surface area (Å²) < 4.78 is 5.23. The van der Waals surface area contributed by atoms with Crippen LogP contribution >= 0.6 is 0 Å². The van der Waals surface area contributed by atoms with E-state index in [1.807, 2.05) is 0 Å². The van der Waals surface area contributed by atoms with Gasteiger partial charge in [0, 0.05) is 0 Å². The fourth-order valence-corrected chi connectivity index (χ4v) is 2.22. The van der Waals surface area contributed by atoms with Crippen LogP contribution in [0.5, 0.6) is 0 Å². The van der Waals surface area contributed by atoms with Gasteiger partial charge in [-0.15, -0.1) is 0 Å². The van der Waals surface area contributed by atoms with E-state index in [0.717, 1.165) is 12.8 Å². The highest BCUT2D eigenvalue weighted by Gasteiger charge is 2.17. The van der Waals surface area contributed by atoms with Gasteiger partial charge in [-0.3, -0.25) is 0 Å². The van der Waals surface area contributed by atoms with E-state index in [4.69, 9.17) is 4.74 Å². The zero-order chi connectivity index (χ0) is 13.4. The van der Waals surface area contributed by atoms with Crippen molar-refractivity contribution in [2.45, 2.75) is 32.1 Å². The lowest BCUT2D eigenvalue weighted by molar-refractivity contribution is -0.138. The minimum absolute atomic E-state index is 0.327. The molecule has 0 spiro atoms. The van der Waals surface area contributed by atoms with Gasteiger partial charge in [0.1, 0.15) is 0 Å². The molecule has 0 aromatic heterocycles. The van der Waals surface area contributed by atoms with Crippen molar-refractivity contribution in [2.75, 3.05) is 6.61 Å². The fourth-order valence-electron chi connectivity index (χ4n) is 2.22. The van der Waals surface area contributed by atoms with E-state index in [2.05, 4.69) is 19.7 Å². The van der Waals surface area contributed by atoms with Gasteiger partial charge in [0.2, 0.25) is 0 Å². The Morgan fingerprint density at radius 2 is 2.17 bits per heavy atom. The lowest BCUT2D eigenvalue weighted by Crippen LogP contribution is -2.14. The maximum Gasteiger partial charge on any atom is 0.338 e. The van der Waals surface area contributed by atoms with Crippen LogP contribution in [0.2, 0.25) is 0 Å². The Morgan fingerprint density at radius 1 is 1.39 bits per heavy atom. The number of carbonyl (C=O) groups is 1. The van der Waals surface area contributed by atoms with E-state index in [9.17, 15) is 4.79 Å². The molecule has 2 nitrogen and oxygen atoms in total. The maximum absolute atomic E-state index is 11.7. The summed E-state index contributed by atoms with van der Waals surface area (Å²) in [5, 5.41) is 0. The van der Waals surface area contributed by atoms with Gasteiger partial charge < -0.3 is 4.74 Å². The van der Waals surface area contributed by atoms with E-state index >= 15 is 0 Å². The quantitative estimate of drug-likeness (QED) is 0.307. The topological polar surface area (TPSA) is 26.3 Å². The Morgan fingerprint density at radius 3 is 2.78 bits per heavy atom. The number of esters is 1. The monoisotopic (exact) mass is 246 g/mol. The van der Waals surface area contributed by atoms with Crippen LogP contribution in [-0.2, 0) is 9.53 Å². The molecule has 2 heteroatoms. The first-order valence-electron chi connectivity index (χ1n) is 6.49. The molecule has 0 saturated heterocycles. The fraction of sp³-hybridized carbons (Fsp3) is 0.438. The summed E-state index contributed by atoms with van der Waals surface area (Å²) in [5.41, 5.74) is 1.76. The summed E-state index contributed by atoms with van der Waals surface area (Å²) in [6.45, 7) is 11.7. The summed E-state index contributed by atoms with van der Waals surface area (Å²) in [6.07, 6.45) is 10.3. The highest BCUT2D eigenvalue weighted by Crippen LogP contribution is 2.30. The van der Waals surface area contributed by atoms with E-state index in [1.54, 1.807) is 12.2 Å². The second-order valence-corrected chi connectivity index (χ2v) is 4.59. The Labute approximate surface area is 110 Å². The minimum Gasteiger partial charge on any atom is -0.462 e. The second-order valence-electron chi connectivity index (χ2n) is 4.59. The van der Waals surface area contributed by atoms with E-state index in [0.29, 0.717) is 18.1 Å². The zero-order valence-corrected chi connectivity index (χ0v) is 11.0. The molecule has 0 N–H and O–H groups in total. The molecule has 0 bridgehead atoms. The van der Waals surface area contributed by atoms with Crippen LogP contribution in [0.25, 0.3) is 0 Å². The average Bonchev–Trinajstić information content (AvgIpc) is 2.38. The zero-order valence-electron chi connectivity index (χ0n) is 11.0. The van der Waals surface area contributed by atoms with Gasteiger partial charge in [-0.2, -0.15) is 0 Å². The van der Waals surface area contributed by atoms with Crippen molar-refractivity contribution in [1.29, 1.82) is 0 Å². The molecule has 0 aromatic rings. The minimum atomic E-state index is -0.327. The van der Waals surface area contributed by atoms with Gasteiger partial charge in [-0.1, -0.05) is 43.9 Å². The number of allylic oxidation sites excluding steroid dienone is 3. The molecule has 0 aromatic carbocycles. The van der Waals surface area contributed by atoms with Crippen LogP contribution < -0.4 is 0 Å². The Balaban J connectivity index is 2.34. The summed E-state index contributed by atoms with van der Waals surface area (Å²) >= 11 is 0. The van der Waals surface area contributed by atoms with Gasteiger partial charge >= 0.3 is 5.97 Å². The molecule has 18 heavy (non-hydrogen) atoms. The van der Waals surface area contributed by atoms with Crippen molar-refractivity contribution in [3.05, 3.63) is 49.1 Å². The molecule has 1 atom stereocenters. The Bertz CT molecular complexity index is 363. The van der Waals surface area contributed by atoms with Crippen LogP contribution in [0.15, 0.2) is 49.1 Å². The first-order valence-corrected chi connectivity index (χ1v) is 6.49. The molecule has 0 radical (unpaired) electrons. The number of carbonyl (C=O) groups excluding carboxylic acids is 1. The van der Waals surface area contributed by atoms with Crippen LogP contribution in [0.3, 0.4) is 0 Å². The summed E-state index contributed by atoms with van der Waals surface area (Å²) in [4.78, 5) is 11.7. The molecule has 0 heterocycles. The molecule has 1 unspecified atom stereocenters. The van der Waals surface area contributed by atoms with Crippen molar-refractivity contribution in [1.82, 2.24) is 0 Å². The molecular formula is C16H22O2. The summed E-state index contributed by atoms with van der Waals surface area (Å²) in [7, 11) is 0. The van der Waals surface area contributed by atoms with Gasteiger partial charge in [0.15, 0.2) is 0 Å². The number of hydrogen-bond acceptors (Lipinski definition) is 2. The molecule has 1 aliphatic carbocycles. The van der Waals surface area contributed by atoms with Gasteiger partial charge in [0.25, 0.3) is 0 Å². The largest absolute Gasteiger partial charge is 0.462 e. The Hall–Kier alpha value is -1.57. The predicted molar refractivity (Wildman–Crippen MR) is 75.2 cm³/mol. The molecule has 98 valence electrons. The highest BCUT2D eigenvalue weighted by molar-refractivity contribution is 5.91. The summed E-state index contributed by atoms with van der Waals surface area (Å²) in [6, 6.07) is 0. The lowest BCUT2D eigenvalue weighted by Gasteiger charge is -2.24. The van der Waals surface area contributed by atoms with Crippen LogP contribution in [0, 0.1) is 5.92 Å². The van der Waals surface area contributed by atoms with Crippen molar-refractivity contribution >= 4 is 5.97 Å². The molecule has 1 fully saturated rings. The first kappa shape index (κ1) is 14.5. The third-order valence-corrected chi connectivity index (χ3v) is 3.33. The molecule has 1 rings (SSSR count). The molecule has 0 aliphatic heterocycles. The second kappa shape index (κ2) is 7.70. The smallest absolute Gasteiger partial charge is 0.338 e. The van der Waals surface area contributed by atoms with Crippen molar-refractivity contribution in [3.63, 3.8) is 0 Å². The third kappa shape index (κ3) is 4.36. The van der Waals surface area contributed by atoms with E-state index < -0.39 is 0 Å². The average molecular weight is 246 g/mol. The molecular weight excluding hydrogens is 224 g/mol. The van der Waals surface area contributed by atoms with Crippen molar-refractivity contribution < 1.29 is 9.53 Å². The highest BCUT2D eigenvalue weighted by atomic mass is 16.5. The van der Waals surface area contributed by atoms with E-state index in [-0.39, 0.29) is 5.97 Å². The third-order valence-electron chi connectivity index (χ3n) is 3.33. The van der Waals surface area contributed by atoms with Crippen LogP contribution in [0.4, 0.5) is 0 Å². The van der Waals surface area contributed by atoms with Crippen molar-refractivity contribution in [3.8, 4) is 0 Å². The lowest BCUT2D eigenvalue weighted by atomic mass is 9.83. The number of rotatable bonds is 6. The van der Waals surface area contributed by atoms with Crippen molar-refractivity contribution in [2.24, 2.45) is 5.92 Å². The molecule has 1 aliphatic rings. The summed E-state index contributed by atoms with van der Waals surface area (Å²) in [5.74, 6) is 0.188. The van der Waals surface area contributed by atoms with Crippen LogP contribution in [-0.4, -0.2) is 12.6 Å². The molecule has 0 amide bonds. The first-order chi connectivity index (χ1) is 8.69. The standard InChI is InChI=1S/C16H22O2/c1-4-8-14(5-2)16(17)18-12-11-15-10-7-6-9-13(15)3/h4-5,8,15H,1-3,6-7,9-12H2/b14-8+. The number of hydrogen-bond donors (Lipinski definition) is 0. The SMILES string of the molecule is C=C/C=C(\C=C)C(=O)OCCC1CCCCC1=C.